The molecule has 13 heavy (non-hydrogen) atoms. The number of benzene rings is 1. The summed E-state index contributed by atoms with van der Waals surface area (Å²) in [6, 6.07) is 5.53. The topological polar surface area (TPSA) is 26.0 Å². The molecule has 0 aliphatic heterocycles. The molecule has 1 aromatic rings. The van der Waals surface area contributed by atoms with Gasteiger partial charge >= 0.3 is 0 Å². The van der Waals surface area contributed by atoms with Gasteiger partial charge in [0.1, 0.15) is 0 Å². The fourth-order valence-electron chi connectivity index (χ4n) is 0.823. The van der Waals surface area contributed by atoms with Crippen LogP contribution in [-0.2, 0) is 0 Å². The van der Waals surface area contributed by atoms with Crippen LogP contribution in [0.25, 0.3) is 0 Å². The predicted molar refractivity (Wildman–Crippen MR) is 59.7 cm³/mol. The first kappa shape index (κ1) is 10.6. The molecule has 0 radical (unpaired) electrons. The summed E-state index contributed by atoms with van der Waals surface area (Å²) in [4.78, 5) is 0. The number of rotatable bonds is 1. The first-order chi connectivity index (χ1) is 6.24. The van der Waals surface area contributed by atoms with Gasteiger partial charge in [-0.15, -0.1) is 0 Å². The number of hydrogen-bond donors (Lipinski definition) is 1. The first-order valence-electron chi connectivity index (χ1n) is 3.88. The van der Waals surface area contributed by atoms with Crippen molar-refractivity contribution < 1.29 is 0 Å². The Kier molecular flexibility index (Phi) is 4.31. The van der Waals surface area contributed by atoms with Crippen LogP contribution in [0, 0.1) is 11.8 Å². The van der Waals surface area contributed by atoms with Crippen molar-refractivity contribution in [1.82, 2.24) is 0 Å². The fraction of sp³-hybridized carbons (Fsp3) is 0.200. The molecule has 1 rings (SSSR count). The second-order valence-electron chi connectivity index (χ2n) is 2.46. The van der Waals surface area contributed by atoms with Gasteiger partial charge in [0.05, 0.1) is 0 Å². The van der Waals surface area contributed by atoms with Crippen molar-refractivity contribution in [2.75, 3.05) is 6.54 Å². The van der Waals surface area contributed by atoms with Crippen molar-refractivity contribution in [3.8, 4) is 11.8 Å². The van der Waals surface area contributed by atoms with Crippen LogP contribution < -0.4 is 5.73 Å². The van der Waals surface area contributed by atoms with Gasteiger partial charge in [-0.25, -0.2) is 0 Å². The van der Waals surface area contributed by atoms with Crippen LogP contribution >= 0.6 is 27.5 Å². The lowest BCUT2D eigenvalue weighted by Crippen LogP contribution is -1.95. The van der Waals surface area contributed by atoms with Gasteiger partial charge in [0.2, 0.25) is 0 Å². The molecule has 0 saturated heterocycles. The molecule has 0 heterocycles. The summed E-state index contributed by atoms with van der Waals surface area (Å²) in [7, 11) is 0. The number of halogens is 2. The number of nitrogens with two attached hydrogens (primary N) is 1. The Labute approximate surface area is 91.4 Å². The zero-order valence-corrected chi connectivity index (χ0v) is 9.32. The van der Waals surface area contributed by atoms with E-state index >= 15 is 0 Å². The monoisotopic (exact) mass is 257 g/mol. The van der Waals surface area contributed by atoms with Crippen molar-refractivity contribution in [2.24, 2.45) is 5.73 Å². The van der Waals surface area contributed by atoms with E-state index in [0.29, 0.717) is 18.0 Å². The zero-order valence-electron chi connectivity index (χ0n) is 6.98. The summed E-state index contributed by atoms with van der Waals surface area (Å²) in [5.74, 6) is 5.95. The van der Waals surface area contributed by atoms with Gasteiger partial charge in [-0.05, 0) is 34.1 Å². The molecule has 0 fully saturated rings. The quantitative estimate of drug-likeness (QED) is 0.770. The minimum Gasteiger partial charge on any atom is -0.330 e. The van der Waals surface area contributed by atoms with E-state index in [1.54, 1.807) is 0 Å². The lowest BCUT2D eigenvalue weighted by atomic mass is 10.2. The van der Waals surface area contributed by atoms with Crippen LogP contribution in [0.2, 0.25) is 5.02 Å². The highest BCUT2D eigenvalue weighted by molar-refractivity contribution is 9.10. The minimum atomic E-state index is 0.588. The maximum Gasteiger partial charge on any atom is 0.0419 e. The average molecular weight is 259 g/mol. The van der Waals surface area contributed by atoms with Gasteiger partial charge in [-0.3, -0.25) is 0 Å². The van der Waals surface area contributed by atoms with Gasteiger partial charge < -0.3 is 5.73 Å². The molecule has 0 atom stereocenters. The van der Waals surface area contributed by atoms with E-state index in [2.05, 4.69) is 27.8 Å². The van der Waals surface area contributed by atoms with Crippen molar-refractivity contribution in [2.45, 2.75) is 6.42 Å². The molecule has 2 N–H and O–H groups in total. The highest BCUT2D eigenvalue weighted by atomic mass is 79.9. The molecule has 1 aromatic carbocycles. The molecule has 0 aromatic heterocycles. The lowest BCUT2D eigenvalue weighted by molar-refractivity contribution is 1.03. The molecule has 0 saturated carbocycles. The van der Waals surface area contributed by atoms with Crippen LogP contribution in [-0.4, -0.2) is 6.54 Å². The zero-order chi connectivity index (χ0) is 9.68. The van der Waals surface area contributed by atoms with E-state index in [0.717, 1.165) is 10.0 Å². The molecule has 3 heteroatoms. The smallest absolute Gasteiger partial charge is 0.0419 e. The molecule has 0 aliphatic rings. The van der Waals surface area contributed by atoms with Crippen molar-refractivity contribution in [3.63, 3.8) is 0 Å². The van der Waals surface area contributed by atoms with E-state index in [1.807, 2.05) is 18.2 Å². The second-order valence-corrected chi connectivity index (χ2v) is 3.76. The van der Waals surface area contributed by atoms with Crippen molar-refractivity contribution in [1.29, 1.82) is 0 Å². The lowest BCUT2D eigenvalue weighted by Gasteiger charge is -1.95. The molecular weight excluding hydrogens is 249 g/mol. The predicted octanol–water partition coefficient (Wildman–Crippen LogP) is 2.80. The molecule has 0 spiro atoms. The van der Waals surface area contributed by atoms with E-state index in [1.165, 1.54) is 0 Å². The average Bonchev–Trinajstić information content (AvgIpc) is 2.11. The van der Waals surface area contributed by atoms with Crippen molar-refractivity contribution >= 4 is 27.5 Å². The Balaban J connectivity index is 2.89. The first-order valence-corrected chi connectivity index (χ1v) is 5.05. The molecule has 0 unspecified atom stereocenters. The molecule has 0 aliphatic carbocycles. The third-order valence-corrected chi connectivity index (χ3v) is 2.35. The molecule has 0 amide bonds. The van der Waals surface area contributed by atoms with E-state index < -0.39 is 0 Å². The molecule has 0 bridgehead atoms. The molecular formula is C10H9BrClN. The van der Waals surface area contributed by atoms with E-state index in [-0.39, 0.29) is 0 Å². The number of hydrogen-bond acceptors (Lipinski definition) is 1. The summed E-state index contributed by atoms with van der Waals surface area (Å²) in [6.45, 7) is 0.588. The van der Waals surface area contributed by atoms with Crippen LogP contribution in [0.3, 0.4) is 0 Å². The Morgan fingerprint density at radius 3 is 2.92 bits per heavy atom. The minimum absolute atomic E-state index is 0.588. The van der Waals surface area contributed by atoms with E-state index in [9.17, 15) is 0 Å². The Morgan fingerprint density at radius 2 is 2.23 bits per heavy atom. The standard InChI is InChI=1S/C10H9BrClN/c11-10-5-4-9(12)7-8(10)3-1-2-6-13/h4-5,7H,2,6,13H2. The van der Waals surface area contributed by atoms with Crippen molar-refractivity contribution in [3.05, 3.63) is 33.3 Å². The Bertz CT molecular complexity index is 352. The van der Waals surface area contributed by atoms with Gasteiger partial charge in [-0.2, -0.15) is 0 Å². The summed E-state index contributed by atoms with van der Waals surface area (Å²) in [5, 5.41) is 0.695. The summed E-state index contributed by atoms with van der Waals surface area (Å²) >= 11 is 9.21. The van der Waals surface area contributed by atoms with Gasteiger partial charge in [0.25, 0.3) is 0 Å². The fourth-order valence-corrected chi connectivity index (χ4v) is 1.34. The van der Waals surface area contributed by atoms with Crippen LogP contribution in [0.1, 0.15) is 12.0 Å². The van der Waals surface area contributed by atoms with Gasteiger partial charge in [0, 0.05) is 28.0 Å². The van der Waals surface area contributed by atoms with Gasteiger partial charge in [0.15, 0.2) is 0 Å². The summed E-state index contributed by atoms with van der Waals surface area (Å²) in [5.41, 5.74) is 6.22. The SMILES string of the molecule is NCCC#Cc1cc(Cl)ccc1Br. The van der Waals surface area contributed by atoms with Gasteiger partial charge in [-0.1, -0.05) is 23.4 Å². The Morgan fingerprint density at radius 1 is 1.46 bits per heavy atom. The summed E-state index contributed by atoms with van der Waals surface area (Å²) in [6.07, 6.45) is 0.707. The molecule has 68 valence electrons. The second kappa shape index (κ2) is 5.29. The Hall–Kier alpha value is -0.490. The van der Waals surface area contributed by atoms with Crippen LogP contribution in [0.5, 0.6) is 0 Å². The largest absolute Gasteiger partial charge is 0.330 e. The third kappa shape index (κ3) is 3.40. The van der Waals surface area contributed by atoms with Crippen LogP contribution in [0.15, 0.2) is 22.7 Å². The maximum atomic E-state index is 5.82. The van der Waals surface area contributed by atoms with Crippen LogP contribution in [0.4, 0.5) is 0 Å². The summed E-state index contributed by atoms with van der Waals surface area (Å²) < 4.78 is 0.960. The molecule has 1 nitrogen and oxygen atoms in total. The highest BCUT2D eigenvalue weighted by Gasteiger charge is 1.96. The van der Waals surface area contributed by atoms with E-state index in [4.69, 9.17) is 17.3 Å². The third-order valence-electron chi connectivity index (χ3n) is 1.42. The highest BCUT2D eigenvalue weighted by Crippen LogP contribution is 2.19. The maximum absolute atomic E-state index is 5.82. The normalized spacial score (nSPS) is 9.15.